The Labute approximate surface area is 125 Å². The fraction of sp³-hybridized carbons (Fsp3) is 0.786. The van der Waals surface area contributed by atoms with Crippen molar-refractivity contribution in [1.29, 1.82) is 0 Å². The van der Waals surface area contributed by atoms with Gasteiger partial charge in [-0.05, 0) is 25.7 Å². The molecular formula is C14H24N6O. The molecule has 0 bridgehead atoms. The summed E-state index contributed by atoms with van der Waals surface area (Å²) in [5.41, 5.74) is 0. The lowest BCUT2D eigenvalue weighted by Gasteiger charge is -2.31. The highest BCUT2D eigenvalue weighted by Gasteiger charge is 2.23. The lowest BCUT2D eigenvalue weighted by Crippen LogP contribution is -2.38. The molecular weight excluding hydrogens is 268 g/mol. The number of aromatic nitrogens is 3. The Balaban J connectivity index is 1.83. The number of hydrogen-bond acceptors (Lipinski definition) is 7. The summed E-state index contributed by atoms with van der Waals surface area (Å²) in [6, 6.07) is 0.442. The molecule has 0 aromatic carbocycles. The summed E-state index contributed by atoms with van der Waals surface area (Å²) < 4.78 is 5.44. The molecule has 2 saturated heterocycles. The van der Waals surface area contributed by atoms with Crippen molar-refractivity contribution in [2.24, 2.45) is 0 Å². The molecule has 0 aliphatic carbocycles. The second-order valence-electron chi connectivity index (χ2n) is 5.66. The van der Waals surface area contributed by atoms with Crippen molar-refractivity contribution < 1.29 is 4.74 Å². The quantitative estimate of drug-likeness (QED) is 0.892. The molecule has 0 radical (unpaired) electrons. The van der Waals surface area contributed by atoms with E-state index >= 15 is 0 Å². The van der Waals surface area contributed by atoms with Gasteiger partial charge in [-0.3, -0.25) is 0 Å². The number of nitrogens with zero attached hydrogens (tertiary/aromatic N) is 5. The average Bonchev–Trinajstić information content (AvgIpc) is 3.09. The first-order chi connectivity index (χ1) is 10.3. The van der Waals surface area contributed by atoms with Crippen LogP contribution in [0, 0.1) is 0 Å². The summed E-state index contributed by atoms with van der Waals surface area (Å²) in [6.45, 7) is 3.71. The van der Waals surface area contributed by atoms with Crippen molar-refractivity contribution >= 4 is 17.8 Å². The molecule has 3 rings (SSSR count). The van der Waals surface area contributed by atoms with Gasteiger partial charge < -0.3 is 19.9 Å². The van der Waals surface area contributed by atoms with Crippen molar-refractivity contribution in [3.8, 4) is 0 Å². The molecule has 2 aliphatic rings. The van der Waals surface area contributed by atoms with Crippen LogP contribution in [0.3, 0.4) is 0 Å². The maximum Gasteiger partial charge on any atom is 0.231 e. The minimum absolute atomic E-state index is 0.442. The smallest absolute Gasteiger partial charge is 0.231 e. The van der Waals surface area contributed by atoms with Crippen LogP contribution in [0.1, 0.15) is 25.7 Å². The van der Waals surface area contributed by atoms with E-state index in [1.165, 1.54) is 12.8 Å². The normalized spacial score (nSPS) is 19.8. The van der Waals surface area contributed by atoms with Crippen LogP contribution in [0.25, 0.3) is 0 Å². The molecule has 0 unspecified atom stereocenters. The van der Waals surface area contributed by atoms with Gasteiger partial charge in [0.25, 0.3) is 0 Å². The summed E-state index contributed by atoms with van der Waals surface area (Å²) in [6.07, 6.45) is 4.48. The highest BCUT2D eigenvalue weighted by Crippen LogP contribution is 2.23. The molecule has 0 atom stereocenters. The van der Waals surface area contributed by atoms with E-state index in [2.05, 4.69) is 37.1 Å². The van der Waals surface area contributed by atoms with E-state index in [1.54, 1.807) is 0 Å². The van der Waals surface area contributed by atoms with Gasteiger partial charge in [0.1, 0.15) is 0 Å². The molecule has 0 amide bonds. The van der Waals surface area contributed by atoms with E-state index in [4.69, 9.17) is 4.74 Å². The van der Waals surface area contributed by atoms with E-state index < -0.39 is 0 Å². The van der Waals surface area contributed by atoms with Gasteiger partial charge in [-0.2, -0.15) is 15.0 Å². The highest BCUT2D eigenvalue weighted by atomic mass is 16.5. The second kappa shape index (κ2) is 6.43. The third kappa shape index (κ3) is 3.18. The van der Waals surface area contributed by atoms with Gasteiger partial charge in [-0.1, -0.05) is 0 Å². The van der Waals surface area contributed by atoms with E-state index in [-0.39, 0.29) is 0 Å². The van der Waals surface area contributed by atoms with Crippen molar-refractivity contribution in [3.05, 3.63) is 0 Å². The predicted molar refractivity (Wildman–Crippen MR) is 83.1 cm³/mol. The minimum Gasteiger partial charge on any atom is -0.381 e. The Kier molecular flexibility index (Phi) is 4.38. The zero-order chi connectivity index (χ0) is 14.7. The first-order valence-electron chi connectivity index (χ1n) is 7.77. The molecule has 3 heterocycles. The molecule has 0 spiro atoms. The molecule has 0 saturated carbocycles. The maximum atomic E-state index is 5.44. The van der Waals surface area contributed by atoms with Crippen molar-refractivity contribution in [1.82, 2.24) is 15.0 Å². The van der Waals surface area contributed by atoms with Gasteiger partial charge in [0.05, 0.1) is 0 Å². The molecule has 2 aliphatic heterocycles. The fourth-order valence-corrected chi connectivity index (χ4v) is 2.92. The molecule has 7 nitrogen and oxygen atoms in total. The number of hydrogen-bond donors (Lipinski definition) is 1. The summed E-state index contributed by atoms with van der Waals surface area (Å²) in [5, 5.41) is 3.05. The van der Waals surface area contributed by atoms with Gasteiger partial charge in [-0.25, -0.2) is 0 Å². The van der Waals surface area contributed by atoms with Crippen LogP contribution < -0.4 is 15.1 Å². The predicted octanol–water partition coefficient (Wildman–Crippen LogP) is 1.13. The zero-order valence-corrected chi connectivity index (χ0v) is 12.9. The van der Waals surface area contributed by atoms with Crippen LogP contribution >= 0.6 is 0 Å². The van der Waals surface area contributed by atoms with Crippen LogP contribution in [0.15, 0.2) is 0 Å². The molecule has 7 heteroatoms. The van der Waals surface area contributed by atoms with Crippen LogP contribution in [-0.4, -0.2) is 61.4 Å². The largest absolute Gasteiger partial charge is 0.381 e. The lowest BCUT2D eigenvalue weighted by molar-refractivity contribution is 0.0852. The number of anilines is 3. The third-order valence-electron chi connectivity index (χ3n) is 4.28. The maximum absolute atomic E-state index is 5.44. The van der Waals surface area contributed by atoms with Crippen LogP contribution in [0.2, 0.25) is 0 Å². The molecule has 2 fully saturated rings. The third-order valence-corrected chi connectivity index (χ3v) is 4.28. The Hall–Kier alpha value is -1.63. The topological polar surface area (TPSA) is 66.4 Å². The Morgan fingerprint density at radius 2 is 1.86 bits per heavy atom. The van der Waals surface area contributed by atoms with E-state index in [9.17, 15) is 0 Å². The summed E-state index contributed by atoms with van der Waals surface area (Å²) in [5.74, 6) is 2.18. The summed E-state index contributed by atoms with van der Waals surface area (Å²) >= 11 is 0. The van der Waals surface area contributed by atoms with E-state index in [0.717, 1.165) is 51.0 Å². The minimum atomic E-state index is 0.442. The summed E-state index contributed by atoms with van der Waals surface area (Å²) in [4.78, 5) is 18.1. The molecule has 1 aromatic rings. The Bertz CT molecular complexity index is 471. The lowest BCUT2D eigenvalue weighted by atomic mass is 10.1. The van der Waals surface area contributed by atoms with Crippen molar-refractivity contribution in [2.75, 3.05) is 55.5 Å². The van der Waals surface area contributed by atoms with E-state index in [0.29, 0.717) is 12.0 Å². The number of nitrogens with one attached hydrogen (secondary N) is 1. The molecule has 116 valence electrons. The van der Waals surface area contributed by atoms with Gasteiger partial charge in [0, 0.05) is 46.4 Å². The molecule has 1 aromatic heterocycles. The second-order valence-corrected chi connectivity index (χ2v) is 5.66. The average molecular weight is 292 g/mol. The van der Waals surface area contributed by atoms with Crippen LogP contribution in [0.5, 0.6) is 0 Å². The fourth-order valence-electron chi connectivity index (χ4n) is 2.92. The zero-order valence-electron chi connectivity index (χ0n) is 12.9. The van der Waals surface area contributed by atoms with Crippen molar-refractivity contribution in [2.45, 2.75) is 31.7 Å². The van der Waals surface area contributed by atoms with Gasteiger partial charge in [0.15, 0.2) is 0 Å². The number of ether oxygens (including phenoxy) is 1. The molecule has 21 heavy (non-hydrogen) atoms. The summed E-state index contributed by atoms with van der Waals surface area (Å²) in [7, 11) is 3.92. The van der Waals surface area contributed by atoms with Crippen molar-refractivity contribution in [3.63, 3.8) is 0 Å². The molecule has 1 N–H and O–H groups in total. The van der Waals surface area contributed by atoms with Crippen LogP contribution in [0.4, 0.5) is 17.8 Å². The SMILES string of the molecule is CNc1nc(N2CCCC2)nc(N(C)C2CCOCC2)n1. The number of rotatable bonds is 4. The standard InChI is InChI=1S/C14H24N6O/c1-15-12-16-13(19(2)11-5-9-21-10-6-11)18-14(17-12)20-7-3-4-8-20/h11H,3-10H2,1-2H3,(H,15,16,17,18). The monoisotopic (exact) mass is 292 g/mol. The highest BCUT2D eigenvalue weighted by molar-refractivity contribution is 5.45. The first kappa shape index (κ1) is 14.3. The Morgan fingerprint density at radius 1 is 1.14 bits per heavy atom. The van der Waals surface area contributed by atoms with Gasteiger partial charge in [-0.15, -0.1) is 0 Å². The first-order valence-corrected chi connectivity index (χ1v) is 7.77. The Morgan fingerprint density at radius 3 is 2.52 bits per heavy atom. The van der Waals surface area contributed by atoms with Crippen LogP contribution in [-0.2, 0) is 4.74 Å². The van der Waals surface area contributed by atoms with E-state index in [1.807, 2.05) is 7.05 Å². The van der Waals surface area contributed by atoms with Gasteiger partial charge in [0.2, 0.25) is 17.8 Å². The van der Waals surface area contributed by atoms with Gasteiger partial charge >= 0.3 is 0 Å².